The molecule has 0 aliphatic rings. The number of aryl methyl sites for hydroxylation is 1. The van der Waals surface area contributed by atoms with Gasteiger partial charge in [0.1, 0.15) is 0 Å². The molecule has 1 aromatic carbocycles. The summed E-state index contributed by atoms with van der Waals surface area (Å²) in [6.07, 6.45) is 3.63. The second kappa shape index (κ2) is 5.35. The number of aromatic nitrogens is 2. The second-order valence-corrected chi connectivity index (χ2v) is 3.97. The van der Waals surface area contributed by atoms with Crippen LogP contribution in [0.5, 0.6) is 0 Å². The third-order valence-electron chi connectivity index (χ3n) is 2.76. The summed E-state index contributed by atoms with van der Waals surface area (Å²) in [5.74, 6) is -0.419. The molecule has 94 valence electrons. The first-order valence-electron chi connectivity index (χ1n) is 5.83. The van der Waals surface area contributed by atoms with E-state index in [0.717, 1.165) is 17.9 Å². The van der Waals surface area contributed by atoms with Gasteiger partial charge in [-0.1, -0.05) is 6.07 Å². The van der Waals surface area contributed by atoms with Gasteiger partial charge in [-0.25, -0.2) is 4.98 Å². The van der Waals surface area contributed by atoms with Gasteiger partial charge in [0.15, 0.2) is 0 Å². The van der Waals surface area contributed by atoms with E-state index in [0.29, 0.717) is 12.1 Å². The van der Waals surface area contributed by atoms with Crippen LogP contribution in [-0.2, 0) is 13.1 Å². The van der Waals surface area contributed by atoms with Crippen molar-refractivity contribution in [1.29, 1.82) is 0 Å². The van der Waals surface area contributed by atoms with Crippen molar-refractivity contribution < 1.29 is 4.79 Å². The van der Waals surface area contributed by atoms with Crippen LogP contribution in [0.1, 0.15) is 23.0 Å². The summed E-state index contributed by atoms with van der Waals surface area (Å²) >= 11 is 0. The Balaban J connectivity index is 2.06. The van der Waals surface area contributed by atoms with E-state index < -0.39 is 5.91 Å². The van der Waals surface area contributed by atoms with E-state index in [4.69, 9.17) is 5.73 Å². The molecule has 0 bridgehead atoms. The van der Waals surface area contributed by atoms with Crippen molar-refractivity contribution in [3.63, 3.8) is 0 Å². The minimum atomic E-state index is -0.419. The van der Waals surface area contributed by atoms with Gasteiger partial charge in [-0.3, -0.25) is 4.79 Å². The predicted octanol–water partition coefficient (Wildman–Crippen LogP) is 1.61. The van der Waals surface area contributed by atoms with Gasteiger partial charge in [-0.15, -0.1) is 0 Å². The van der Waals surface area contributed by atoms with Crippen LogP contribution in [0.15, 0.2) is 36.8 Å². The molecule has 0 saturated carbocycles. The van der Waals surface area contributed by atoms with Crippen molar-refractivity contribution in [2.75, 3.05) is 5.32 Å². The summed E-state index contributed by atoms with van der Waals surface area (Å²) in [6, 6.07) is 7.15. The maximum absolute atomic E-state index is 11.1. The van der Waals surface area contributed by atoms with E-state index in [9.17, 15) is 4.79 Å². The van der Waals surface area contributed by atoms with Gasteiger partial charge in [0.2, 0.25) is 5.91 Å². The maximum atomic E-state index is 11.1. The Morgan fingerprint density at radius 1 is 1.50 bits per heavy atom. The van der Waals surface area contributed by atoms with E-state index in [-0.39, 0.29) is 0 Å². The van der Waals surface area contributed by atoms with E-state index in [1.54, 1.807) is 24.5 Å². The molecule has 0 saturated heterocycles. The molecule has 1 heterocycles. The molecule has 0 aliphatic heterocycles. The molecule has 0 aliphatic carbocycles. The first-order chi connectivity index (χ1) is 8.70. The molecule has 0 unspecified atom stereocenters. The topological polar surface area (TPSA) is 72.9 Å². The lowest BCUT2D eigenvalue weighted by atomic mass is 10.2. The lowest BCUT2D eigenvalue weighted by Crippen LogP contribution is -2.11. The largest absolute Gasteiger partial charge is 0.379 e. The van der Waals surface area contributed by atoms with Gasteiger partial charge in [-0.05, 0) is 25.1 Å². The zero-order valence-corrected chi connectivity index (χ0v) is 10.3. The number of amides is 1. The zero-order valence-electron chi connectivity index (χ0n) is 10.3. The molecule has 3 N–H and O–H groups in total. The van der Waals surface area contributed by atoms with Gasteiger partial charge in [0.05, 0.1) is 18.6 Å². The number of hydrogen-bond donors (Lipinski definition) is 2. The second-order valence-electron chi connectivity index (χ2n) is 3.97. The highest BCUT2D eigenvalue weighted by Crippen LogP contribution is 2.11. The molecular formula is C13H16N4O. The van der Waals surface area contributed by atoms with Gasteiger partial charge in [-0.2, -0.15) is 0 Å². The maximum Gasteiger partial charge on any atom is 0.248 e. The van der Waals surface area contributed by atoms with E-state index in [1.165, 1.54) is 0 Å². The molecule has 1 amide bonds. The van der Waals surface area contributed by atoms with Crippen LogP contribution < -0.4 is 11.1 Å². The zero-order chi connectivity index (χ0) is 13.0. The van der Waals surface area contributed by atoms with E-state index in [1.807, 2.05) is 12.3 Å². The quantitative estimate of drug-likeness (QED) is 0.839. The molecular weight excluding hydrogens is 228 g/mol. The number of primary amides is 1. The molecule has 2 rings (SSSR count). The summed E-state index contributed by atoms with van der Waals surface area (Å²) in [6.45, 7) is 3.62. The van der Waals surface area contributed by atoms with Crippen molar-refractivity contribution in [2.45, 2.75) is 20.0 Å². The third-order valence-corrected chi connectivity index (χ3v) is 2.76. The number of imidazole rings is 1. The van der Waals surface area contributed by atoms with Crippen LogP contribution in [-0.4, -0.2) is 15.5 Å². The Hall–Kier alpha value is -2.30. The van der Waals surface area contributed by atoms with Gasteiger partial charge in [0, 0.05) is 24.0 Å². The number of rotatable bonds is 5. The summed E-state index contributed by atoms with van der Waals surface area (Å²) < 4.78 is 2.06. The van der Waals surface area contributed by atoms with Crippen LogP contribution >= 0.6 is 0 Å². The third kappa shape index (κ3) is 2.68. The Morgan fingerprint density at radius 3 is 3.06 bits per heavy atom. The minimum Gasteiger partial charge on any atom is -0.379 e. The SMILES string of the molecule is CCn1cncc1CNc1cccc(C(N)=O)c1. The fraction of sp³-hybridized carbons (Fsp3) is 0.231. The number of nitrogens with zero attached hydrogens (tertiary/aromatic N) is 2. The average Bonchev–Trinajstić information content (AvgIpc) is 2.84. The normalized spacial score (nSPS) is 10.3. The number of carbonyl (C=O) groups is 1. The number of carbonyl (C=O) groups excluding carboxylic acids is 1. The highest BCUT2D eigenvalue weighted by Gasteiger charge is 2.03. The van der Waals surface area contributed by atoms with Gasteiger partial charge in [0.25, 0.3) is 0 Å². The van der Waals surface area contributed by atoms with Crippen molar-refractivity contribution in [3.05, 3.63) is 48.0 Å². The highest BCUT2D eigenvalue weighted by atomic mass is 16.1. The number of nitrogens with two attached hydrogens (primary N) is 1. The average molecular weight is 244 g/mol. The summed E-state index contributed by atoms with van der Waals surface area (Å²) in [5, 5.41) is 3.25. The van der Waals surface area contributed by atoms with Crippen LogP contribution in [0, 0.1) is 0 Å². The van der Waals surface area contributed by atoms with Gasteiger partial charge >= 0.3 is 0 Å². The lowest BCUT2D eigenvalue weighted by Gasteiger charge is -2.09. The standard InChI is InChI=1S/C13H16N4O/c1-2-17-9-15-7-12(17)8-16-11-5-3-4-10(6-11)13(14)18/h3-7,9,16H,2,8H2,1H3,(H2,14,18). The first kappa shape index (κ1) is 12.2. The van der Waals surface area contributed by atoms with Gasteiger partial charge < -0.3 is 15.6 Å². The highest BCUT2D eigenvalue weighted by molar-refractivity contribution is 5.93. The van der Waals surface area contributed by atoms with E-state index >= 15 is 0 Å². The first-order valence-corrected chi connectivity index (χ1v) is 5.83. The predicted molar refractivity (Wildman–Crippen MR) is 70.2 cm³/mol. The lowest BCUT2D eigenvalue weighted by molar-refractivity contribution is 0.100. The molecule has 1 aromatic heterocycles. The summed E-state index contributed by atoms with van der Waals surface area (Å²) in [7, 11) is 0. The Kier molecular flexibility index (Phi) is 3.62. The number of hydrogen-bond acceptors (Lipinski definition) is 3. The number of anilines is 1. The molecule has 0 atom stereocenters. The monoisotopic (exact) mass is 244 g/mol. The van der Waals surface area contributed by atoms with E-state index in [2.05, 4.69) is 21.8 Å². The smallest absolute Gasteiger partial charge is 0.248 e. The Labute approximate surface area is 106 Å². The van der Waals surface area contributed by atoms with Crippen LogP contribution in [0.3, 0.4) is 0 Å². The molecule has 2 aromatic rings. The molecule has 0 spiro atoms. The summed E-state index contributed by atoms with van der Waals surface area (Å²) in [4.78, 5) is 15.2. The Bertz CT molecular complexity index is 547. The van der Waals surface area contributed by atoms with Crippen molar-refractivity contribution in [2.24, 2.45) is 5.73 Å². The number of nitrogens with one attached hydrogen (secondary N) is 1. The van der Waals surface area contributed by atoms with Crippen LogP contribution in [0.2, 0.25) is 0 Å². The number of benzene rings is 1. The Morgan fingerprint density at radius 2 is 2.33 bits per heavy atom. The van der Waals surface area contributed by atoms with Crippen LogP contribution in [0.4, 0.5) is 5.69 Å². The molecule has 0 radical (unpaired) electrons. The van der Waals surface area contributed by atoms with Crippen molar-refractivity contribution in [3.8, 4) is 0 Å². The molecule has 0 fully saturated rings. The molecule has 5 nitrogen and oxygen atoms in total. The summed E-state index contributed by atoms with van der Waals surface area (Å²) in [5.41, 5.74) is 7.71. The fourth-order valence-corrected chi connectivity index (χ4v) is 1.76. The van der Waals surface area contributed by atoms with Crippen LogP contribution in [0.25, 0.3) is 0 Å². The van der Waals surface area contributed by atoms with Crippen molar-refractivity contribution in [1.82, 2.24) is 9.55 Å². The molecule has 5 heteroatoms. The minimum absolute atomic E-state index is 0.419. The fourth-order valence-electron chi connectivity index (χ4n) is 1.76. The molecule has 18 heavy (non-hydrogen) atoms. The van der Waals surface area contributed by atoms with Crippen molar-refractivity contribution >= 4 is 11.6 Å².